The van der Waals surface area contributed by atoms with Crippen molar-refractivity contribution in [3.63, 3.8) is 0 Å². The summed E-state index contributed by atoms with van der Waals surface area (Å²) in [6.45, 7) is 2.10. The van der Waals surface area contributed by atoms with Crippen molar-refractivity contribution in [1.29, 1.82) is 0 Å². The first-order valence-electron chi connectivity index (χ1n) is 6.16. The van der Waals surface area contributed by atoms with Crippen molar-refractivity contribution in [3.8, 4) is 0 Å². The lowest BCUT2D eigenvalue weighted by atomic mass is 10.2. The second kappa shape index (κ2) is 6.62. The smallest absolute Gasteiger partial charge is 0.266 e. The van der Waals surface area contributed by atoms with E-state index < -0.39 is 29.7 Å². The zero-order valence-corrected chi connectivity index (χ0v) is 11.4. The molecule has 20 heavy (non-hydrogen) atoms. The Morgan fingerprint density at radius 1 is 1.45 bits per heavy atom. The molecule has 0 saturated heterocycles. The highest BCUT2D eigenvalue weighted by atomic mass is 16.6. The molecule has 0 fully saturated rings. The second-order valence-corrected chi connectivity index (χ2v) is 4.58. The van der Waals surface area contributed by atoms with Gasteiger partial charge in [-0.1, -0.05) is 18.2 Å². The van der Waals surface area contributed by atoms with E-state index in [2.05, 4.69) is 5.32 Å². The quantitative estimate of drug-likeness (QED) is 0.306. The number of hydrogen-bond donors (Lipinski definition) is 4. The van der Waals surface area contributed by atoms with E-state index >= 15 is 0 Å². The number of nitrogens with zero attached hydrogens (tertiary/aromatic N) is 2. The monoisotopic (exact) mass is 284 g/mol. The third-order valence-corrected chi connectivity index (χ3v) is 2.61. The van der Waals surface area contributed by atoms with Crippen molar-refractivity contribution in [2.75, 3.05) is 11.4 Å². The Kier molecular flexibility index (Phi) is 5.40. The van der Waals surface area contributed by atoms with Crippen molar-refractivity contribution in [3.05, 3.63) is 40.4 Å². The van der Waals surface area contributed by atoms with Crippen LogP contribution in [0.2, 0.25) is 0 Å². The zero-order chi connectivity index (χ0) is 15.3. The molecule has 112 valence electrons. The summed E-state index contributed by atoms with van der Waals surface area (Å²) >= 11 is 0. The number of nitrogens with two attached hydrogens (primary N) is 1. The molecule has 3 unspecified atom stereocenters. The molecular weight excluding hydrogens is 264 g/mol. The maximum Gasteiger partial charge on any atom is 0.266 e. The van der Waals surface area contributed by atoms with E-state index in [1.54, 1.807) is 30.3 Å². The maximum atomic E-state index is 10.8. The lowest BCUT2D eigenvalue weighted by Gasteiger charge is -2.41. The van der Waals surface area contributed by atoms with Crippen LogP contribution in [-0.4, -0.2) is 39.9 Å². The Morgan fingerprint density at radius 3 is 2.40 bits per heavy atom. The molecule has 0 aromatic heterocycles. The fourth-order valence-corrected chi connectivity index (χ4v) is 2.06. The van der Waals surface area contributed by atoms with Crippen molar-refractivity contribution in [2.45, 2.75) is 32.1 Å². The van der Waals surface area contributed by atoms with Crippen LogP contribution in [0.5, 0.6) is 0 Å². The number of para-hydroxylation sites is 1. The standard InChI is InChI=1S/C12H20N4O4/c1-9(13)14-12(18,8-15(19)20)16(10(2)17)11-6-4-3-5-7-11/h3-7,9-10,14,17-18H,8,13H2,1-2H3. The number of aliphatic hydroxyl groups is 2. The predicted octanol–water partition coefficient (Wildman–Crippen LogP) is -0.352. The van der Waals surface area contributed by atoms with Crippen LogP contribution in [0.1, 0.15) is 13.8 Å². The molecule has 3 atom stereocenters. The number of aliphatic hydroxyl groups excluding tert-OH is 1. The molecule has 0 saturated carbocycles. The van der Waals surface area contributed by atoms with Gasteiger partial charge >= 0.3 is 0 Å². The van der Waals surface area contributed by atoms with Gasteiger partial charge in [0.05, 0.1) is 6.17 Å². The van der Waals surface area contributed by atoms with Crippen LogP contribution >= 0.6 is 0 Å². The molecule has 0 radical (unpaired) electrons. The summed E-state index contributed by atoms with van der Waals surface area (Å²) in [6.07, 6.45) is -1.86. The number of benzene rings is 1. The number of rotatable bonds is 7. The lowest BCUT2D eigenvalue weighted by molar-refractivity contribution is -0.503. The number of hydrogen-bond acceptors (Lipinski definition) is 7. The average Bonchev–Trinajstić information content (AvgIpc) is 2.26. The topological polar surface area (TPSA) is 125 Å². The summed E-state index contributed by atoms with van der Waals surface area (Å²) in [6, 6.07) is 8.41. The fraction of sp³-hybridized carbons (Fsp3) is 0.500. The third-order valence-electron chi connectivity index (χ3n) is 2.61. The number of nitrogens with one attached hydrogen (secondary N) is 1. The summed E-state index contributed by atoms with van der Waals surface area (Å²) in [5.41, 5.74) is 6.00. The van der Waals surface area contributed by atoms with Gasteiger partial charge in [0.1, 0.15) is 6.23 Å². The van der Waals surface area contributed by atoms with Crippen molar-refractivity contribution >= 4 is 5.69 Å². The summed E-state index contributed by atoms with van der Waals surface area (Å²) in [5, 5.41) is 33.8. The number of nitro groups is 1. The molecule has 1 rings (SSSR count). The summed E-state index contributed by atoms with van der Waals surface area (Å²) in [5.74, 6) is -2.10. The van der Waals surface area contributed by atoms with Crippen LogP contribution in [-0.2, 0) is 0 Å². The molecular formula is C12H20N4O4. The van der Waals surface area contributed by atoms with Gasteiger partial charge in [0.25, 0.3) is 12.4 Å². The fourth-order valence-electron chi connectivity index (χ4n) is 2.06. The van der Waals surface area contributed by atoms with Crippen LogP contribution in [0.15, 0.2) is 30.3 Å². The first-order valence-corrected chi connectivity index (χ1v) is 6.16. The Morgan fingerprint density at radius 2 is 2.00 bits per heavy atom. The van der Waals surface area contributed by atoms with Gasteiger partial charge in [-0.25, -0.2) is 0 Å². The Labute approximate surface area is 117 Å². The van der Waals surface area contributed by atoms with E-state index in [4.69, 9.17) is 5.73 Å². The minimum Gasteiger partial charge on any atom is -0.374 e. The molecule has 0 heterocycles. The van der Waals surface area contributed by atoms with Crippen LogP contribution in [0, 0.1) is 10.1 Å². The van der Waals surface area contributed by atoms with E-state index in [-0.39, 0.29) is 0 Å². The maximum absolute atomic E-state index is 10.8. The van der Waals surface area contributed by atoms with E-state index in [1.807, 2.05) is 0 Å². The van der Waals surface area contributed by atoms with Gasteiger partial charge in [0, 0.05) is 10.6 Å². The first kappa shape index (κ1) is 16.3. The van der Waals surface area contributed by atoms with Crippen molar-refractivity contribution in [2.24, 2.45) is 5.73 Å². The predicted molar refractivity (Wildman–Crippen MR) is 74.2 cm³/mol. The second-order valence-electron chi connectivity index (χ2n) is 4.58. The highest BCUT2D eigenvalue weighted by Gasteiger charge is 2.42. The molecule has 8 heteroatoms. The highest BCUT2D eigenvalue weighted by Crippen LogP contribution is 2.23. The van der Waals surface area contributed by atoms with E-state index in [0.717, 1.165) is 4.90 Å². The van der Waals surface area contributed by atoms with Gasteiger partial charge in [0.15, 0.2) is 0 Å². The van der Waals surface area contributed by atoms with Gasteiger partial charge in [0.2, 0.25) is 0 Å². The van der Waals surface area contributed by atoms with Crippen LogP contribution in [0.4, 0.5) is 5.69 Å². The van der Waals surface area contributed by atoms with Gasteiger partial charge in [-0.2, -0.15) is 0 Å². The van der Waals surface area contributed by atoms with Gasteiger partial charge < -0.3 is 15.9 Å². The molecule has 0 aliphatic heterocycles. The average molecular weight is 284 g/mol. The first-order chi connectivity index (χ1) is 9.26. The van der Waals surface area contributed by atoms with Crippen molar-refractivity contribution in [1.82, 2.24) is 5.32 Å². The largest absolute Gasteiger partial charge is 0.374 e. The lowest BCUT2D eigenvalue weighted by Crippen LogP contribution is -2.68. The summed E-state index contributed by atoms with van der Waals surface area (Å²) in [4.78, 5) is 11.2. The van der Waals surface area contributed by atoms with Gasteiger partial charge in [-0.15, -0.1) is 0 Å². The molecule has 8 nitrogen and oxygen atoms in total. The Bertz CT molecular complexity index is 440. The molecule has 0 bridgehead atoms. The third kappa shape index (κ3) is 4.14. The van der Waals surface area contributed by atoms with E-state index in [9.17, 15) is 20.3 Å². The minimum atomic E-state index is -2.10. The molecule has 0 spiro atoms. The molecule has 0 amide bonds. The summed E-state index contributed by atoms with van der Waals surface area (Å²) in [7, 11) is 0. The van der Waals surface area contributed by atoms with E-state index in [0.29, 0.717) is 5.69 Å². The van der Waals surface area contributed by atoms with Crippen LogP contribution < -0.4 is 16.0 Å². The van der Waals surface area contributed by atoms with E-state index in [1.165, 1.54) is 13.8 Å². The van der Waals surface area contributed by atoms with Crippen molar-refractivity contribution < 1.29 is 15.1 Å². The molecule has 5 N–H and O–H groups in total. The van der Waals surface area contributed by atoms with Crippen LogP contribution in [0.3, 0.4) is 0 Å². The normalized spacial score (nSPS) is 17.1. The zero-order valence-electron chi connectivity index (χ0n) is 11.4. The van der Waals surface area contributed by atoms with Crippen LogP contribution in [0.25, 0.3) is 0 Å². The molecule has 1 aromatic rings. The highest BCUT2D eigenvalue weighted by molar-refractivity contribution is 5.48. The molecule has 0 aliphatic carbocycles. The number of anilines is 1. The SMILES string of the molecule is CC(N)NC(O)(C[N+](=O)[O-])N(c1ccccc1)C(C)O. The Balaban J connectivity index is 3.21. The van der Waals surface area contributed by atoms with Gasteiger partial charge in [-0.05, 0) is 26.0 Å². The molecule has 0 aliphatic rings. The van der Waals surface area contributed by atoms with Gasteiger partial charge in [-0.3, -0.25) is 20.3 Å². The molecule has 1 aromatic carbocycles. The minimum absolute atomic E-state index is 0.431. The Hall–Kier alpha value is -1.74. The summed E-state index contributed by atoms with van der Waals surface area (Å²) < 4.78 is 0.